The molecule has 2 aliphatic rings. The Hall–Kier alpha value is -1.40. The van der Waals surface area contributed by atoms with E-state index in [0.717, 1.165) is 37.1 Å². The quantitative estimate of drug-likeness (QED) is 0.827. The third kappa shape index (κ3) is 3.81. The fraction of sp³-hybridized carbons (Fsp3) is 0.667. The number of nitrogens with zero attached hydrogens (tertiary/aromatic N) is 1. The summed E-state index contributed by atoms with van der Waals surface area (Å²) in [5.41, 5.74) is 1.36. The molecule has 1 saturated carbocycles. The summed E-state index contributed by atoms with van der Waals surface area (Å²) < 4.78 is 0. The van der Waals surface area contributed by atoms with Crippen LogP contribution in [0.5, 0.6) is 0 Å². The van der Waals surface area contributed by atoms with Crippen molar-refractivity contribution in [2.75, 3.05) is 13.1 Å². The molecule has 1 heterocycles. The third-order valence-corrected chi connectivity index (χ3v) is 6.50. The number of hydrogen-bond acceptors (Lipinski definition) is 4. The van der Waals surface area contributed by atoms with E-state index >= 15 is 0 Å². The number of aliphatic carboxylic acids is 1. The first-order valence-corrected chi connectivity index (χ1v) is 9.66. The van der Waals surface area contributed by atoms with Crippen molar-refractivity contribution in [3.8, 4) is 0 Å². The molecule has 1 aromatic heterocycles. The predicted octanol–water partition coefficient (Wildman–Crippen LogP) is 2.54. The molecule has 24 heavy (non-hydrogen) atoms. The van der Waals surface area contributed by atoms with Gasteiger partial charge in [-0.05, 0) is 56.2 Å². The van der Waals surface area contributed by atoms with Gasteiger partial charge >= 0.3 is 5.97 Å². The highest BCUT2D eigenvalue weighted by Crippen LogP contribution is 2.33. The first-order chi connectivity index (χ1) is 11.5. The average Bonchev–Trinajstić information content (AvgIpc) is 2.91. The minimum atomic E-state index is -0.789. The van der Waals surface area contributed by atoms with Gasteiger partial charge in [-0.25, -0.2) is 0 Å². The molecule has 1 amide bonds. The van der Waals surface area contributed by atoms with E-state index in [1.165, 1.54) is 16.9 Å². The standard InChI is InChI=1S/C18H26N2O3S/c1-3-20(10-17(21)22)14-8-13(9-14)19-18(23)16-7-12-6-11(2)4-5-15(12)24-16/h7,11,13-14H,3-6,8-10H2,1-2H3,(H,19,23)(H,21,22). The molecule has 1 atom stereocenters. The second-order valence-electron chi connectivity index (χ2n) is 7.16. The first-order valence-electron chi connectivity index (χ1n) is 8.84. The summed E-state index contributed by atoms with van der Waals surface area (Å²) in [5.74, 6) is -0.0424. The topological polar surface area (TPSA) is 69.6 Å². The van der Waals surface area contributed by atoms with Crippen molar-refractivity contribution >= 4 is 23.2 Å². The molecule has 2 aliphatic carbocycles. The SMILES string of the molecule is CCN(CC(=O)O)C1CC(NC(=O)c2cc3c(s2)CCC(C)C3)C1. The largest absolute Gasteiger partial charge is 0.480 e. The van der Waals surface area contributed by atoms with E-state index in [-0.39, 0.29) is 24.5 Å². The minimum absolute atomic E-state index is 0.0341. The summed E-state index contributed by atoms with van der Waals surface area (Å²) in [6.07, 6.45) is 5.09. The Kier molecular flexibility index (Phi) is 5.25. The highest BCUT2D eigenvalue weighted by atomic mass is 32.1. The second-order valence-corrected chi connectivity index (χ2v) is 8.30. The molecule has 5 nitrogen and oxygen atoms in total. The summed E-state index contributed by atoms with van der Waals surface area (Å²) >= 11 is 1.64. The maximum atomic E-state index is 12.5. The zero-order chi connectivity index (χ0) is 17.3. The summed E-state index contributed by atoms with van der Waals surface area (Å²) in [4.78, 5) is 27.5. The summed E-state index contributed by atoms with van der Waals surface area (Å²) in [7, 11) is 0. The van der Waals surface area contributed by atoms with Gasteiger partial charge in [0.15, 0.2) is 0 Å². The van der Waals surface area contributed by atoms with Crippen LogP contribution in [0.4, 0.5) is 0 Å². The van der Waals surface area contributed by atoms with E-state index in [4.69, 9.17) is 5.11 Å². The molecule has 0 saturated heterocycles. The van der Waals surface area contributed by atoms with Gasteiger partial charge in [-0.15, -0.1) is 11.3 Å². The number of likely N-dealkylation sites (N-methyl/N-ethyl adjacent to an activating group) is 1. The Balaban J connectivity index is 1.51. The molecule has 2 N–H and O–H groups in total. The first kappa shape index (κ1) is 17.4. The van der Waals surface area contributed by atoms with Crippen molar-refractivity contribution in [2.45, 2.75) is 58.0 Å². The van der Waals surface area contributed by atoms with Crippen LogP contribution in [-0.4, -0.2) is 47.1 Å². The fourth-order valence-corrected chi connectivity index (χ4v) is 4.86. The van der Waals surface area contributed by atoms with Crippen molar-refractivity contribution in [3.05, 3.63) is 21.4 Å². The van der Waals surface area contributed by atoms with Crippen LogP contribution < -0.4 is 5.32 Å². The van der Waals surface area contributed by atoms with Crippen LogP contribution >= 0.6 is 11.3 Å². The molecule has 1 fully saturated rings. The number of rotatable bonds is 6. The Morgan fingerprint density at radius 3 is 2.83 bits per heavy atom. The molecule has 0 spiro atoms. The number of nitrogens with one attached hydrogen (secondary N) is 1. The number of thiophene rings is 1. The highest BCUT2D eigenvalue weighted by molar-refractivity contribution is 7.14. The fourth-order valence-electron chi connectivity index (χ4n) is 3.75. The van der Waals surface area contributed by atoms with Crippen molar-refractivity contribution < 1.29 is 14.7 Å². The van der Waals surface area contributed by atoms with Gasteiger partial charge in [0.25, 0.3) is 5.91 Å². The molecule has 1 unspecified atom stereocenters. The monoisotopic (exact) mass is 350 g/mol. The van der Waals surface area contributed by atoms with E-state index in [1.54, 1.807) is 11.3 Å². The molecule has 3 rings (SSSR count). The van der Waals surface area contributed by atoms with Crippen LogP contribution in [-0.2, 0) is 17.6 Å². The zero-order valence-corrected chi connectivity index (χ0v) is 15.2. The summed E-state index contributed by atoms with van der Waals surface area (Å²) in [6, 6.07) is 2.52. The summed E-state index contributed by atoms with van der Waals surface area (Å²) in [6.45, 7) is 5.06. The van der Waals surface area contributed by atoms with Gasteiger partial charge in [-0.2, -0.15) is 0 Å². The number of carboxylic acid groups (broad SMARTS) is 1. The van der Waals surface area contributed by atoms with E-state index < -0.39 is 5.97 Å². The lowest BCUT2D eigenvalue weighted by Crippen LogP contribution is -2.54. The Labute approximate surface area is 147 Å². The van der Waals surface area contributed by atoms with Gasteiger partial charge in [-0.3, -0.25) is 14.5 Å². The Morgan fingerprint density at radius 2 is 2.17 bits per heavy atom. The van der Waals surface area contributed by atoms with Crippen molar-refractivity contribution in [3.63, 3.8) is 0 Å². The van der Waals surface area contributed by atoms with Crippen LogP contribution in [0, 0.1) is 5.92 Å². The smallest absolute Gasteiger partial charge is 0.317 e. The predicted molar refractivity (Wildman–Crippen MR) is 94.7 cm³/mol. The van der Waals surface area contributed by atoms with Gasteiger partial charge in [-0.1, -0.05) is 13.8 Å². The molecule has 132 valence electrons. The molecular weight excluding hydrogens is 324 g/mol. The van der Waals surface area contributed by atoms with E-state index in [0.29, 0.717) is 5.92 Å². The lowest BCUT2D eigenvalue weighted by atomic mass is 9.85. The molecule has 6 heteroatoms. The number of carbonyl (C=O) groups excluding carboxylic acids is 1. The van der Waals surface area contributed by atoms with Crippen molar-refractivity contribution in [1.29, 1.82) is 0 Å². The maximum absolute atomic E-state index is 12.5. The van der Waals surface area contributed by atoms with Crippen molar-refractivity contribution in [1.82, 2.24) is 10.2 Å². The summed E-state index contributed by atoms with van der Waals surface area (Å²) in [5, 5.41) is 12.0. The highest BCUT2D eigenvalue weighted by Gasteiger charge is 2.35. The normalized spacial score (nSPS) is 25.9. The number of hydrogen-bond donors (Lipinski definition) is 2. The van der Waals surface area contributed by atoms with Gasteiger partial charge in [0.1, 0.15) is 0 Å². The second kappa shape index (κ2) is 7.23. The van der Waals surface area contributed by atoms with E-state index in [1.807, 2.05) is 11.8 Å². The lowest BCUT2D eigenvalue weighted by Gasteiger charge is -2.42. The lowest BCUT2D eigenvalue weighted by molar-refractivity contribution is -0.139. The zero-order valence-electron chi connectivity index (χ0n) is 14.4. The van der Waals surface area contributed by atoms with Crippen LogP contribution in [0.25, 0.3) is 0 Å². The van der Waals surface area contributed by atoms with Gasteiger partial charge < -0.3 is 10.4 Å². The molecule has 0 aromatic carbocycles. The number of carbonyl (C=O) groups is 2. The Bertz CT molecular complexity index is 622. The number of fused-ring (bicyclic) bond motifs is 1. The van der Waals surface area contributed by atoms with E-state index in [9.17, 15) is 9.59 Å². The molecule has 0 aliphatic heterocycles. The molecular formula is C18H26N2O3S. The average molecular weight is 350 g/mol. The van der Waals surface area contributed by atoms with Crippen LogP contribution in [0.2, 0.25) is 0 Å². The number of aryl methyl sites for hydroxylation is 1. The number of carboxylic acids is 1. The van der Waals surface area contributed by atoms with Crippen LogP contribution in [0.3, 0.4) is 0 Å². The molecule has 1 aromatic rings. The van der Waals surface area contributed by atoms with Gasteiger partial charge in [0.05, 0.1) is 11.4 Å². The van der Waals surface area contributed by atoms with Gasteiger partial charge in [0, 0.05) is 17.0 Å². The van der Waals surface area contributed by atoms with Crippen LogP contribution in [0.15, 0.2) is 6.07 Å². The van der Waals surface area contributed by atoms with Crippen molar-refractivity contribution in [2.24, 2.45) is 5.92 Å². The third-order valence-electron chi connectivity index (χ3n) is 5.26. The minimum Gasteiger partial charge on any atom is -0.480 e. The van der Waals surface area contributed by atoms with Crippen LogP contribution in [0.1, 0.15) is 53.2 Å². The van der Waals surface area contributed by atoms with Gasteiger partial charge in [0.2, 0.25) is 0 Å². The van der Waals surface area contributed by atoms with E-state index in [2.05, 4.69) is 18.3 Å². The molecule has 0 radical (unpaired) electrons. The molecule has 0 bridgehead atoms. The number of amides is 1. The maximum Gasteiger partial charge on any atom is 0.317 e. The Morgan fingerprint density at radius 1 is 1.42 bits per heavy atom.